The van der Waals surface area contributed by atoms with Crippen LogP contribution >= 0.6 is 11.3 Å². The number of hydrogen-bond acceptors (Lipinski definition) is 5. The lowest BCUT2D eigenvalue weighted by Gasteiger charge is -2.33. The number of carbonyl (C=O) groups is 1. The Labute approximate surface area is 169 Å². The Morgan fingerprint density at radius 1 is 1.25 bits per heavy atom. The molecule has 7 heteroatoms. The molecule has 2 fully saturated rings. The number of nitrogens with zero attached hydrogens (tertiary/aromatic N) is 3. The Bertz CT molecular complexity index is 856. The van der Waals surface area contributed by atoms with Gasteiger partial charge in [0.25, 0.3) is 5.56 Å². The predicted molar refractivity (Wildman–Crippen MR) is 111 cm³/mol. The molecular formula is C21H28N4O2S. The third-order valence-corrected chi connectivity index (χ3v) is 6.76. The first-order valence-corrected chi connectivity index (χ1v) is 11.1. The van der Waals surface area contributed by atoms with E-state index in [4.69, 9.17) is 4.98 Å². The molecule has 1 amide bonds. The summed E-state index contributed by atoms with van der Waals surface area (Å²) in [5.41, 5.74) is 2.16. The molecule has 2 aliphatic rings. The van der Waals surface area contributed by atoms with Crippen LogP contribution in [0.2, 0.25) is 0 Å². The molecule has 6 nitrogen and oxygen atoms in total. The van der Waals surface area contributed by atoms with Gasteiger partial charge in [0.2, 0.25) is 5.91 Å². The summed E-state index contributed by atoms with van der Waals surface area (Å²) in [5, 5.41) is 4.34. The van der Waals surface area contributed by atoms with Crippen molar-refractivity contribution in [1.82, 2.24) is 19.8 Å². The Morgan fingerprint density at radius 3 is 2.79 bits per heavy atom. The Hall–Kier alpha value is -1.99. The average Bonchev–Trinajstić information content (AvgIpc) is 3.21. The number of H-pyrrole nitrogens is 1. The van der Waals surface area contributed by atoms with Gasteiger partial charge in [-0.15, -0.1) is 0 Å². The molecule has 0 unspecified atom stereocenters. The van der Waals surface area contributed by atoms with Gasteiger partial charge in [0.05, 0.1) is 5.69 Å². The number of aromatic nitrogens is 2. The number of thiophene rings is 1. The summed E-state index contributed by atoms with van der Waals surface area (Å²) in [6.07, 6.45) is 3.98. The fourth-order valence-corrected chi connectivity index (χ4v) is 5.07. The van der Waals surface area contributed by atoms with Crippen LogP contribution in [-0.2, 0) is 11.3 Å². The van der Waals surface area contributed by atoms with E-state index in [1.165, 1.54) is 5.56 Å². The van der Waals surface area contributed by atoms with Crippen LogP contribution in [0.4, 0.5) is 0 Å². The second-order valence-electron chi connectivity index (χ2n) is 8.04. The number of nitrogens with one attached hydrogen (secondary N) is 1. The lowest BCUT2D eigenvalue weighted by molar-refractivity contribution is -0.130. The maximum Gasteiger partial charge on any atom is 0.251 e. The molecule has 0 saturated carbocycles. The number of aromatic amines is 1. The van der Waals surface area contributed by atoms with Gasteiger partial charge in [-0.25, -0.2) is 4.98 Å². The molecule has 2 saturated heterocycles. The number of likely N-dealkylation sites (tertiary alicyclic amines) is 2. The highest BCUT2D eigenvalue weighted by Gasteiger charge is 2.27. The molecule has 150 valence electrons. The SMILES string of the molecule is CC(=O)N1CCC[C@H](c2cc(=O)[nH]c(C3CCN(Cc4ccsc4)CC3)n2)C1. The fourth-order valence-electron chi connectivity index (χ4n) is 4.41. The zero-order chi connectivity index (χ0) is 19.5. The summed E-state index contributed by atoms with van der Waals surface area (Å²) < 4.78 is 0. The van der Waals surface area contributed by atoms with Gasteiger partial charge >= 0.3 is 0 Å². The van der Waals surface area contributed by atoms with E-state index in [1.54, 1.807) is 24.3 Å². The van der Waals surface area contributed by atoms with E-state index < -0.39 is 0 Å². The Kier molecular flexibility index (Phi) is 5.92. The topological polar surface area (TPSA) is 69.3 Å². The van der Waals surface area contributed by atoms with Crippen LogP contribution in [0.15, 0.2) is 27.7 Å². The summed E-state index contributed by atoms with van der Waals surface area (Å²) in [4.78, 5) is 36.2. The minimum Gasteiger partial charge on any atom is -0.342 e. The summed E-state index contributed by atoms with van der Waals surface area (Å²) in [5.74, 6) is 1.40. The summed E-state index contributed by atoms with van der Waals surface area (Å²) in [6, 6.07) is 3.82. The van der Waals surface area contributed by atoms with E-state index in [1.807, 2.05) is 4.90 Å². The molecule has 0 aliphatic carbocycles. The number of amides is 1. The normalized spacial score (nSPS) is 21.8. The van der Waals surface area contributed by atoms with Crippen molar-refractivity contribution < 1.29 is 4.79 Å². The van der Waals surface area contributed by atoms with Crippen molar-refractivity contribution >= 4 is 17.2 Å². The highest BCUT2D eigenvalue weighted by Crippen LogP contribution is 2.29. The minimum atomic E-state index is -0.0688. The maximum absolute atomic E-state index is 12.3. The van der Waals surface area contributed by atoms with Crippen molar-refractivity contribution in [2.45, 2.75) is 51.0 Å². The summed E-state index contributed by atoms with van der Waals surface area (Å²) in [6.45, 7) is 6.15. The van der Waals surface area contributed by atoms with E-state index in [0.29, 0.717) is 12.5 Å². The van der Waals surface area contributed by atoms with Crippen LogP contribution < -0.4 is 5.56 Å². The van der Waals surface area contributed by atoms with E-state index in [-0.39, 0.29) is 17.4 Å². The van der Waals surface area contributed by atoms with Gasteiger partial charge in [-0.2, -0.15) is 11.3 Å². The van der Waals surface area contributed by atoms with Crippen molar-refractivity contribution in [2.24, 2.45) is 0 Å². The lowest BCUT2D eigenvalue weighted by atomic mass is 9.93. The molecule has 0 bridgehead atoms. The first kappa shape index (κ1) is 19.3. The highest BCUT2D eigenvalue weighted by atomic mass is 32.1. The standard InChI is InChI=1S/C21H28N4O2S/c1-15(26)25-7-2-3-18(13-25)19-11-20(27)23-21(22-19)17-4-8-24(9-5-17)12-16-6-10-28-14-16/h6,10-11,14,17-18H,2-5,7-9,12-13H2,1H3,(H,22,23,27)/t18-/m0/s1. The molecule has 1 atom stereocenters. The molecule has 0 spiro atoms. The molecule has 4 heterocycles. The van der Waals surface area contributed by atoms with Crippen molar-refractivity contribution in [3.63, 3.8) is 0 Å². The average molecular weight is 401 g/mol. The highest BCUT2D eigenvalue weighted by molar-refractivity contribution is 7.07. The number of carbonyl (C=O) groups excluding carboxylic acids is 1. The van der Waals surface area contributed by atoms with Gasteiger partial charge in [0.1, 0.15) is 5.82 Å². The number of rotatable bonds is 4. The van der Waals surface area contributed by atoms with Gasteiger partial charge in [-0.1, -0.05) is 0 Å². The van der Waals surface area contributed by atoms with E-state index >= 15 is 0 Å². The molecule has 2 aliphatic heterocycles. The van der Waals surface area contributed by atoms with Crippen LogP contribution in [0.25, 0.3) is 0 Å². The van der Waals surface area contributed by atoms with Crippen molar-refractivity contribution in [3.05, 3.63) is 50.3 Å². The summed E-state index contributed by atoms with van der Waals surface area (Å²) in [7, 11) is 0. The minimum absolute atomic E-state index is 0.0688. The van der Waals surface area contributed by atoms with Gasteiger partial charge in [0.15, 0.2) is 0 Å². The van der Waals surface area contributed by atoms with E-state index in [2.05, 4.69) is 26.7 Å². The first-order chi connectivity index (χ1) is 13.6. The second kappa shape index (κ2) is 8.57. The molecule has 1 N–H and O–H groups in total. The zero-order valence-electron chi connectivity index (χ0n) is 16.4. The largest absolute Gasteiger partial charge is 0.342 e. The quantitative estimate of drug-likeness (QED) is 0.857. The van der Waals surface area contributed by atoms with Crippen LogP contribution in [0.5, 0.6) is 0 Å². The predicted octanol–water partition coefficient (Wildman–Crippen LogP) is 2.94. The molecular weight excluding hydrogens is 372 g/mol. The third-order valence-electron chi connectivity index (χ3n) is 6.03. The first-order valence-electron chi connectivity index (χ1n) is 10.2. The molecule has 28 heavy (non-hydrogen) atoms. The van der Waals surface area contributed by atoms with Crippen LogP contribution in [0.1, 0.15) is 61.5 Å². The number of hydrogen-bond donors (Lipinski definition) is 1. The smallest absolute Gasteiger partial charge is 0.251 e. The van der Waals surface area contributed by atoms with Gasteiger partial charge < -0.3 is 9.88 Å². The Balaban J connectivity index is 1.43. The van der Waals surface area contributed by atoms with Crippen molar-refractivity contribution in [1.29, 1.82) is 0 Å². The molecule has 4 rings (SSSR count). The van der Waals surface area contributed by atoms with E-state index in [9.17, 15) is 9.59 Å². The second-order valence-corrected chi connectivity index (χ2v) is 8.82. The fraction of sp³-hybridized carbons (Fsp3) is 0.571. The maximum atomic E-state index is 12.3. The third kappa shape index (κ3) is 4.52. The monoisotopic (exact) mass is 400 g/mol. The van der Waals surface area contributed by atoms with Crippen LogP contribution in [0, 0.1) is 0 Å². The number of piperidine rings is 2. The van der Waals surface area contributed by atoms with Crippen molar-refractivity contribution in [3.8, 4) is 0 Å². The van der Waals surface area contributed by atoms with Gasteiger partial charge in [-0.05, 0) is 61.2 Å². The zero-order valence-corrected chi connectivity index (χ0v) is 17.2. The van der Waals surface area contributed by atoms with E-state index in [0.717, 1.165) is 63.4 Å². The lowest BCUT2D eigenvalue weighted by Crippen LogP contribution is -2.38. The van der Waals surface area contributed by atoms with Gasteiger partial charge in [-0.3, -0.25) is 14.5 Å². The molecule has 2 aromatic heterocycles. The molecule has 2 aromatic rings. The van der Waals surface area contributed by atoms with Crippen LogP contribution in [0.3, 0.4) is 0 Å². The molecule has 0 radical (unpaired) electrons. The Morgan fingerprint density at radius 2 is 2.07 bits per heavy atom. The van der Waals surface area contributed by atoms with Crippen LogP contribution in [-0.4, -0.2) is 51.9 Å². The molecule has 0 aromatic carbocycles. The summed E-state index contributed by atoms with van der Waals surface area (Å²) >= 11 is 1.74. The van der Waals surface area contributed by atoms with Crippen molar-refractivity contribution in [2.75, 3.05) is 26.2 Å². The van der Waals surface area contributed by atoms with Gasteiger partial charge in [0, 0.05) is 44.5 Å².